The molecule has 4 atom stereocenters. The first-order valence-electron chi connectivity index (χ1n) is 11.2. The number of anilines is 2. The van der Waals surface area contributed by atoms with Crippen LogP contribution in [0.15, 0.2) is 48.6 Å². The zero-order valence-corrected chi connectivity index (χ0v) is 18.9. The van der Waals surface area contributed by atoms with Crippen LogP contribution >= 0.6 is 0 Å². The van der Waals surface area contributed by atoms with E-state index in [1.165, 1.54) is 6.07 Å². The number of methoxy groups -OCH3 is 2. The quantitative estimate of drug-likeness (QED) is 0.276. The number of rotatable bonds is 8. The largest absolute Gasteiger partial charge is 0.493 e. The lowest BCUT2D eigenvalue weighted by Gasteiger charge is -2.18. The zero-order valence-electron chi connectivity index (χ0n) is 18.9. The van der Waals surface area contributed by atoms with Crippen LogP contribution in [0.1, 0.15) is 12.0 Å². The number of nitrogens with one attached hydrogen (secondary N) is 1. The highest BCUT2D eigenvalue weighted by molar-refractivity contribution is 6.23. The number of nitrogens with zero attached hydrogens (tertiary/aromatic N) is 2. The molecule has 2 amide bonds. The summed E-state index contributed by atoms with van der Waals surface area (Å²) >= 11 is 0. The Morgan fingerprint density at radius 3 is 2.29 bits per heavy atom. The van der Waals surface area contributed by atoms with Gasteiger partial charge in [-0.05, 0) is 54.5 Å². The van der Waals surface area contributed by atoms with Crippen LogP contribution in [0.5, 0.6) is 11.5 Å². The Morgan fingerprint density at radius 2 is 1.68 bits per heavy atom. The number of fused-ring (bicyclic) bond motifs is 5. The molecule has 176 valence electrons. The van der Waals surface area contributed by atoms with Crippen molar-refractivity contribution in [2.24, 2.45) is 23.7 Å². The molecule has 9 nitrogen and oxygen atoms in total. The average molecular weight is 463 g/mol. The minimum Gasteiger partial charge on any atom is -0.493 e. The van der Waals surface area contributed by atoms with Gasteiger partial charge in [0.15, 0.2) is 11.5 Å². The van der Waals surface area contributed by atoms with Crippen LogP contribution in [0.3, 0.4) is 0 Å². The molecule has 1 heterocycles. The predicted molar refractivity (Wildman–Crippen MR) is 125 cm³/mol. The minimum atomic E-state index is -0.501. The van der Waals surface area contributed by atoms with Crippen molar-refractivity contribution in [2.45, 2.75) is 12.8 Å². The molecule has 0 aromatic heterocycles. The van der Waals surface area contributed by atoms with Crippen LogP contribution in [-0.4, -0.2) is 37.5 Å². The number of nitro benzene ring substituents is 1. The fourth-order valence-corrected chi connectivity index (χ4v) is 5.49. The third-order valence-electron chi connectivity index (χ3n) is 7.08. The number of hydrogen-bond acceptors (Lipinski definition) is 7. The zero-order chi connectivity index (χ0) is 24.0. The van der Waals surface area contributed by atoms with E-state index in [0.29, 0.717) is 30.2 Å². The summed E-state index contributed by atoms with van der Waals surface area (Å²) < 4.78 is 10.6. The van der Waals surface area contributed by atoms with Crippen LogP contribution in [0.2, 0.25) is 0 Å². The van der Waals surface area contributed by atoms with Crippen molar-refractivity contribution in [1.29, 1.82) is 0 Å². The van der Waals surface area contributed by atoms with E-state index in [2.05, 4.69) is 5.32 Å². The lowest BCUT2D eigenvalue weighted by molar-refractivity contribution is -0.383. The van der Waals surface area contributed by atoms with Gasteiger partial charge >= 0.3 is 0 Å². The average Bonchev–Trinajstić information content (AvgIpc) is 3.52. The van der Waals surface area contributed by atoms with Gasteiger partial charge in [0.25, 0.3) is 5.69 Å². The fourth-order valence-electron chi connectivity index (χ4n) is 5.49. The van der Waals surface area contributed by atoms with Gasteiger partial charge in [-0.25, -0.2) is 4.90 Å². The van der Waals surface area contributed by atoms with Crippen molar-refractivity contribution in [2.75, 3.05) is 31.0 Å². The molecule has 34 heavy (non-hydrogen) atoms. The van der Waals surface area contributed by atoms with Gasteiger partial charge in [0.1, 0.15) is 5.69 Å². The number of amides is 2. The number of nitro groups is 1. The number of ether oxygens (including phenoxy) is 2. The first kappa shape index (κ1) is 21.9. The second kappa shape index (κ2) is 8.48. The highest BCUT2D eigenvalue weighted by atomic mass is 16.6. The van der Waals surface area contributed by atoms with Gasteiger partial charge < -0.3 is 14.8 Å². The molecule has 0 unspecified atom stereocenters. The van der Waals surface area contributed by atoms with E-state index < -0.39 is 4.92 Å². The van der Waals surface area contributed by atoms with Gasteiger partial charge in [-0.15, -0.1) is 0 Å². The Bertz CT molecular complexity index is 1180. The summed E-state index contributed by atoms with van der Waals surface area (Å²) in [4.78, 5) is 38.5. The molecule has 0 radical (unpaired) electrons. The van der Waals surface area contributed by atoms with Crippen LogP contribution < -0.4 is 19.7 Å². The van der Waals surface area contributed by atoms with Crippen LogP contribution in [0.25, 0.3) is 0 Å². The summed E-state index contributed by atoms with van der Waals surface area (Å²) in [5, 5.41) is 14.9. The summed E-state index contributed by atoms with van der Waals surface area (Å²) in [5.41, 5.74) is 1.38. The number of benzene rings is 2. The van der Waals surface area contributed by atoms with E-state index in [4.69, 9.17) is 9.47 Å². The lowest BCUT2D eigenvalue weighted by Crippen LogP contribution is -2.32. The molecule has 2 fully saturated rings. The molecule has 9 heteroatoms. The number of carbonyl (C=O) groups is 2. The van der Waals surface area contributed by atoms with Gasteiger partial charge in [0.2, 0.25) is 11.8 Å². The molecule has 3 aliphatic rings. The Balaban J connectivity index is 1.32. The summed E-state index contributed by atoms with van der Waals surface area (Å²) in [6.45, 7) is 0.441. The minimum absolute atomic E-state index is 0.0870. The smallest absolute Gasteiger partial charge is 0.294 e. The molecule has 5 rings (SSSR count). The third-order valence-corrected chi connectivity index (χ3v) is 7.08. The molecule has 2 bridgehead atoms. The molecule has 1 saturated carbocycles. The molecule has 2 aromatic carbocycles. The summed E-state index contributed by atoms with van der Waals surface area (Å²) in [6.07, 6.45) is 5.48. The van der Waals surface area contributed by atoms with Gasteiger partial charge in [-0.2, -0.15) is 0 Å². The van der Waals surface area contributed by atoms with Gasteiger partial charge in [-0.1, -0.05) is 18.2 Å². The topological polar surface area (TPSA) is 111 Å². The van der Waals surface area contributed by atoms with E-state index >= 15 is 0 Å². The molecular formula is C25H25N3O6. The van der Waals surface area contributed by atoms with E-state index in [-0.39, 0.29) is 46.9 Å². The molecule has 1 N–H and O–H groups in total. The van der Waals surface area contributed by atoms with Gasteiger partial charge in [-0.3, -0.25) is 19.7 Å². The summed E-state index contributed by atoms with van der Waals surface area (Å²) in [6, 6.07) is 10.0. The van der Waals surface area contributed by atoms with Crippen LogP contribution in [-0.2, 0) is 16.0 Å². The third kappa shape index (κ3) is 3.48. The van der Waals surface area contributed by atoms with E-state index in [1.54, 1.807) is 26.4 Å². The van der Waals surface area contributed by atoms with Crippen molar-refractivity contribution in [3.05, 3.63) is 64.2 Å². The maximum Gasteiger partial charge on any atom is 0.294 e. The van der Waals surface area contributed by atoms with Crippen molar-refractivity contribution in [3.8, 4) is 11.5 Å². The van der Waals surface area contributed by atoms with E-state index in [1.807, 2.05) is 30.4 Å². The summed E-state index contributed by atoms with van der Waals surface area (Å²) in [7, 11) is 3.13. The highest BCUT2D eigenvalue weighted by Gasteiger charge is 2.59. The van der Waals surface area contributed by atoms with E-state index in [0.717, 1.165) is 16.9 Å². The highest BCUT2D eigenvalue weighted by Crippen LogP contribution is 2.53. The normalized spacial score (nSPS) is 24.5. The first-order chi connectivity index (χ1) is 16.4. The molecule has 2 aliphatic carbocycles. The molecule has 0 spiro atoms. The predicted octanol–water partition coefficient (Wildman–Crippen LogP) is 3.58. The SMILES string of the molecule is COc1ccc(CCNc2ccc(N3C(=O)[C@@H]4[C@H](C3=O)[C@H]3C=C[C@H]4C3)cc2[N+](=O)[O-])cc1OC. The maximum absolute atomic E-state index is 13.0. The number of hydrogen-bond donors (Lipinski definition) is 1. The Morgan fingerprint density at radius 1 is 1.00 bits per heavy atom. The second-order valence-electron chi connectivity index (χ2n) is 8.84. The first-order valence-corrected chi connectivity index (χ1v) is 11.2. The van der Waals surface area contributed by atoms with Gasteiger partial charge in [0.05, 0.1) is 36.7 Å². The molecular weight excluding hydrogens is 438 g/mol. The fraction of sp³-hybridized carbons (Fsp3) is 0.360. The Kier molecular flexibility index (Phi) is 5.47. The van der Waals surface area contributed by atoms with Crippen molar-refractivity contribution < 1.29 is 24.0 Å². The standard InChI is InChI=1S/C25H25N3O6/c1-33-20-8-3-14(11-21(20)34-2)9-10-26-18-7-6-17(13-19(18)28(31)32)27-24(29)22-15-4-5-16(12-15)23(22)25(27)30/h3-8,11,13,15-16,22-23,26H,9-10,12H2,1-2H3/t15-,16-,22-,23+/m0/s1. The Labute approximate surface area is 196 Å². The van der Waals surface area contributed by atoms with Crippen molar-refractivity contribution in [3.63, 3.8) is 0 Å². The van der Waals surface area contributed by atoms with Gasteiger partial charge in [0, 0.05) is 12.6 Å². The van der Waals surface area contributed by atoms with Crippen LogP contribution in [0, 0.1) is 33.8 Å². The Hall–Kier alpha value is -3.88. The van der Waals surface area contributed by atoms with Crippen molar-refractivity contribution >= 4 is 28.9 Å². The second-order valence-corrected chi connectivity index (χ2v) is 8.84. The summed E-state index contributed by atoms with van der Waals surface area (Å²) in [5.74, 6) is 0.216. The molecule has 1 aliphatic heterocycles. The monoisotopic (exact) mass is 463 g/mol. The lowest BCUT2D eigenvalue weighted by atomic mass is 9.85. The molecule has 1 saturated heterocycles. The van der Waals surface area contributed by atoms with Crippen LogP contribution in [0.4, 0.5) is 17.1 Å². The van der Waals surface area contributed by atoms with E-state index in [9.17, 15) is 19.7 Å². The number of carbonyl (C=O) groups excluding carboxylic acids is 2. The maximum atomic E-state index is 13.0. The molecule has 2 aromatic rings. The number of allylic oxidation sites excluding steroid dienone is 2. The van der Waals surface area contributed by atoms with Crippen molar-refractivity contribution in [1.82, 2.24) is 0 Å². The number of imide groups is 1.